The van der Waals surface area contributed by atoms with E-state index in [9.17, 15) is 8.78 Å². The summed E-state index contributed by atoms with van der Waals surface area (Å²) in [6, 6.07) is 5.49. The molecule has 0 bridgehead atoms. The zero-order valence-corrected chi connectivity index (χ0v) is 16.6. The van der Waals surface area contributed by atoms with E-state index in [1.54, 1.807) is 17.8 Å². The van der Waals surface area contributed by atoms with Crippen molar-refractivity contribution in [2.24, 2.45) is 0 Å². The number of nitrogens with one attached hydrogen (secondary N) is 1. The Morgan fingerprint density at radius 1 is 1.23 bits per heavy atom. The topological polar surface area (TPSA) is 82.2 Å². The third-order valence-corrected chi connectivity index (χ3v) is 5.42. The first kappa shape index (κ1) is 18.9. The predicted molar refractivity (Wildman–Crippen MR) is 108 cm³/mol. The SMILES string of the molecule is COCCn1c(C)nc2ccc(-c3ccn4nc(NC5CC(F)(F)C5)ncc34)nc21. The summed E-state index contributed by atoms with van der Waals surface area (Å²) >= 11 is 0. The van der Waals surface area contributed by atoms with Gasteiger partial charge in [-0.3, -0.25) is 0 Å². The van der Waals surface area contributed by atoms with E-state index in [1.165, 1.54) is 0 Å². The summed E-state index contributed by atoms with van der Waals surface area (Å²) in [5.41, 5.74) is 4.08. The van der Waals surface area contributed by atoms with Gasteiger partial charge in [0.2, 0.25) is 5.95 Å². The van der Waals surface area contributed by atoms with Crippen molar-refractivity contribution >= 4 is 22.6 Å². The number of pyridine rings is 1. The predicted octanol–water partition coefficient (Wildman–Crippen LogP) is 3.31. The van der Waals surface area contributed by atoms with Crippen molar-refractivity contribution in [3.63, 3.8) is 0 Å². The molecule has 0 atom stereocenters. The van der Waals surface area contributed by atoms with Gasteiger partial charge in [-0.05, 0) is 25.1 Å². The fraction of sp³-hybridized carbons (Fsp3) is 0.400. The van der Waals surface area contributed by atoms with Crippen LogP contribution in [-0.4, -0.2) is 54.8 Å². The number of anilines is 1. The number of halogens is 2. The zero-order chi connectivity index (χ0) is 20.9. The Labute approximate surface area is 170 Å². The molecular weight excluding hydrogens is 392 g/mol. The van der Waals surface area contributed by atoms with Crippen LogP contribution in [0.4, 0.5) is 14.7 Å². The lowest BCUT2D eigenvalue weighted by atomic mass is 9.88. The molecule has 4 aromatic heterocycles. The first-order chi connectivity index (χ1) is 14.4. The minimum Gasteiger partial charge on any atom is -0.383 e. The van der Waals surface area contributed by atoms with Gasteiger partial charge in [0.05, 0.1) is 24.0 Å². The monoisotopic (exact) mass is 413 g/mol. The number of nitrogens with zero attached hydrogens (tertiary/aromatic N) is 6. The molecule has 1 N–H and O–H groups in total. The molecule has 1 aliphatic carbocycles. The Kier molecular flexibility index (Phi) is 4.39. The third-order valence-electron chi connectivity index (χ3n) is 5.42. The highest BCUT2D eigenvalue weighted by molar-refractivity contribution is 5.82. The highest BCUT2D eigenvalue weighted by atomic mass is 19.3. The van der Waals surface area contributed by atoms with Gasteiger partial charge in [-0.1, -0.05) is 0 Å². The Morgan fingerprint density at radius 2 is 2.07 bits per heavy atom. The number of aryl methyl sites for hydroxylation is 1. The van der Waals surface area contributed by atoms with E-state index in [0.29, 0.717) is 19.1 Å². The van der Waals surface area contributed by atoms with Crippen LogP contribution in [0.1, 0.15) is 18.7 Å². The van der Waals surface area contributed by atoms with Crippen molar-refractivity contribution in [2.45, 2.75) is 38.3 Å². The second kappa shape index (κ2) is 6.98. The van der Waals surface area contributed by atoms with Crippen LogP contribution in [0.5, 0.6) is 0 Å². The second-order valence-electron chi connectivity index (χ2n) is 7.59. The highest BCUT2D eigenvalue weighted by Gasteiger charge is 2.45. The molecule has 1 fully saturated rings. The summed E-state index contributed by atoms with van der Waals surface area (Å²) < 4.78 is 35.0. The molecule has 4 heterocycles. The van der Waals surface area contributed by atoms with Crippen LogP contribution >= 0.6 is 0 Å². The quantitative estimate of drug-likeness (QED) is 0.522. The van der Waals surface area contributed by atoms with Gasteiger partial charge < -0.3 is 14.6 Å². The van der Waals surface area contributed by atoms with Crippen molar-refractivity contribution in [3.05, 3.63) is 36.4 Å². The van der Waals surface area contributed by atoms with Crippen LogP contribution in [0.3, 0.4) is 0 Å². The average molecular weight is 413 g/mol. The molecule has 0 saturated heterocycles. The second-order valence-corrected chi connectivity index (χ2v) is 7.59. The summed E-state index contributed by atoms with van der Waals surface area (Å²) in [7, 11) is 1.67. The summed E-state index contributed by atoms with van der Waals surface area (Å²) in [6.07, 6.45) is 3.12. The maximum absolute atomic E-state index is 13.0. The maximum atomic E-state index is 13.0. The third kappa shape index (κ3) is 3.26. The molecule has 1 saturated carbocycles. The molecule has 0 amide bonds. The molecule has 0 spiro atoms. The molecule has 30 heavy (non-hydrogen) atoms. The van der Waals surface area contributed by atoms with Crippen LogP contribution < -0.4 is 5.32 Å². The zero-order valence-electron chi connectivity index (χ0n) is 16.6. The molecule has 10 heteroatoms. The number of alkyl halides is 2. The van der Waals surface area contributed by atoms with Crippen LogP contribution in [-0.2, 0) is 11.3 Å². The highest BCUT2D eigenvalue weighted by Crippen LogP contribution is 2.38. The van der Waals surface area contributed by atoms with Crippen molar-refractivity contribution < 1.29 is 13.5 Å². The van der Waals surface area contributed by atoms with Gasteiger partial charge in [-0.15, -0.1) is 5.10 Å². The lowest BCUT2D eigenvalue weighted by Crippen LogP contribution is -2.44. The van der Waals surface area contributed by atoms with E-state index in [2.05, 4.69) is 20.4 Å². The fourth-order valence-electron chi connectivity index (χ4n) is 3.84. The van der Waals surface area contributed by atoms with Gasteiger partial charge >= 0.3 is 0 Å². The Balaban J connectivity index is 1.46. The number of rotatable bonds is 6. The smallest absolute Gasteiger partial charge is 0.252 e. The van der Waals surface area contributed by atoms with Crippen LogP contribution in [0.2, 0.25) is 0 Å². The summed E-state index contributed by atoms with van der Waals surface area (Å²) in [5, 5.41) is 7.37. The van der Waals surface area contributed by atoms with Crippen LogP contribution in [0.15, 0.2) is 30.6 Å². The average Bonchev–Trinajstić information content (AvgIpc) is 3.24. The largest absolute Gasteiger partial charge is 0.383 e. The van der Waals surface area contributed by atoms with Crippen molar-refractivity contribution in [3.8, 4) is 11.3 Å². The molecule has 4 aromatic rings. The molecule has 1 aliphatic rings. The fourth-order valence-corrected chi connectivity index (χ4v) is 3.84. The van der Waals surface area contributed by atoms with Crippen LogP contribution in [0.25, 0.3) is 27.9 Å². The van der Waals surface area contributed by atoms with Crippen LogP contribution in [0, 0.1) is 6.92 Å². The lowest BCUT2D eigenvalue weighted by molar-refractivity contribution is -0.0794. The first-order valence-corrected chi connectivity index (χ1v) is 9.75. The number of ether oxygens (including phenoxy) is 1. The molecule has 0 unspecified atom stereocenters. The Bertz CT molecular complexity index is 1220. The number of fused-ring (bicyclic) bond motifs is 2. The normalized spacial score (nSPS) is 16.3. The first-order valence-electron chi connectivity index (χ1n) is 9.75. The summed E-state index contributed by atoms with van der Waals surface area (Å²) in [5.74, 6) is -1.36. The van der Waals surface area contributed by atoms with E-state index >= 15 is 0 Å². The summed E-state index contributed by atoms with van der Waals surface area (Å²) in [6.45, 7) is 3.19. The Morgan fingerprint density at radius 3 is 2.83 bits per heavy atom. The summed E-state index contributed by atoms with van der Waals surface area (Å²) in [4.78, 5) is 13.7. The van der Waals surface area contributed by atoms with E-state index in [4.69, 9.17) is 9.72 Å². The molecule has 0 radical (unpaired) electrons. The molecule has 8 nitrogen and oxygen atoms in total. The van der Waals surface area contributed by atoms with E-state index in [1.807, 2.05) is 35.9 Å². The van der Waals surface area contributed by atoms with E-state index in [0.717, 1.165) is 33.8 Å². The number of hydrogen-bond donors (Lipinski definition) is 1. The van der Waals surface area contributed by atoms with Crippen molar-refractivity contribution in [1.82, 2.24) is 29.1 Å². The van der Waals surface area contributed by atoms with Gasteiger partial charge in [0, 0.05) is 44.3 Å². The lowest BCUT2D eigenvalue weighted by Gasteiger charge is -2.35. The minimum atomic E-state index is -2.58. The standard InChI is InChI=1S/C20H21F2N7O/c1-12-24-16-4-3-15(26-18(16)28(12)7-8-30-2)14-5-6-29-17(14)11-23-19(27-29)25-13-9-20(21,22)10-13/h3-6,11,13H,7-10H2,1-2H3,(H,25,27). The number of aromatic nitrogens is 6. The minimum absolute atomic E-state index is 0.189. The number of imidazole rings is 1. The molecular formula is C20H21F2N7O. The van der Waals surface area contributed by atoms with Gasteiger partial charge in [0.1, 0.15) is 11.3 Å². The van der Waals surface area contributed by atoms with Gasteiger partial charge in [0.25, 0.3) is 5.92 Å². The molecule has 0 aromatic carbocycles. The Hall–Kier alpha value is -3.14. The van der Waals surface area contributed by atoms with Gasteiger partial charge in [-0.2, -0.15) is 0 Å². The van der Waals surface area contributed by atoms with Crippen molar-refractivity contribution in [1.29, 1.82) is 0 Å². The maximum Gasteiger partial charge on any atom is 0.252 e. The van der Waals surface area contributed by atoms with E-state index in [-0.39, 0.29) is 18.9 Å². The molecule has 156 valence electrons. The molecule has 0 aliphatic heterocycles. The van der Waals surface area contributed by atoms with Gasteiger partial charge in [0.15, 0.2) is 5.65 Å². The number of hydrogen-bond acceptors (Lipinski definition) is 6. The van der Waals surface area contributed by atoms with E-state index < -0.39 is 5.92 Å². The number of methoxy groups -OCH3 is 1. The van der Waals surface area contributed by atoms with Gasteiger partial charge in [-0.25, -0.2) is 28.2 Å². The van der Waals surface area contributed by atoms with Crippen molar-refractivity contribution in [2.75, 3.05) is 19.0 Å². The molecule has 5 rings (SSSR count).